The number of carbonyl (C=O) groups is 3. The van der Waals surface area contributed by atoms with Gasteiger partial charge in [0.2, 0.25) is 5.91 Å². The summed E-state index contributed by atoms with van der Waals surface area (Å²) in [6.45, 7) is 3.29. The highest BCUT2D eigenvalue weighted by Gasteiger charge is 2.14. The number of nitrogens with one attached hydrogen (secondary N) is 1. The van der Waals surface area contributed by atoms with Crippen LogP contribution in [0.25, 0.3) is 0 Å². The third-order valence-corrected chi connectivity index (χ3v) is 1.61. The SMILES string of the molecule is CCOC(=O)CCC(=O)NC(C)C(=O)O. The fourth-order valence-electron chi connectivity index (χ4n) is 0.824. The summed E-state index contributed by atoms with van der Waals surface area (Å²) in [5, 5.41) is 10.7. The molecule has 6 nitrogen and oxygen atoms in total. The van der Waals surface area contributed by atoms with Gasteiger partial charge in [0.25, 0.3) is 0 Å². The van der Waals surface area contributed by atoms with Gasteiger partial charge in [0.1, 0.15) is 6.04 Å². The predicted octanol–water partition coefficient (Wildman–Crippen LogP) is -0.0810. The predicted molar refractivity (Wildman–Crippen MR) is 51.1 cm³/mol. The number of carbonyl (C=O) groups excluding carboxylic acids is 2. The van der Waals surface area contributed by atoms with Crippen LogP contribution in [0.4, 0.5) is 0 Å². The minimum atomic E-state index is -1.11. The van der Waals surface area contributed by atoms with E-state index < -0.39 is 23.9 Å². The Kier molecular flexibility index (Phi) is 6.08. The zero-order valence-corrected chi connectivity index (χ0v) is 8.78. The van der Waals surface area contributed by atoms with Crippen LogP contribution in [-0.4, -0.2) is 35.6 Å². The van der Waals surface area contributed by atoms with E-state index in [1.165, 1.54) is 6.92 Å². The number of aliphatic carboxylic acids is 1. The Morgan fingerprint density at radius 3 is 2.40 bits per heavy atom. The largest absolute Gasteiger partial charge is 0.480 e. The highest BCUT2D eigenvalue weighted by molar-refractivity contribution is 5.85. The van der Waals surface area contributed by atoms with Gasteiger partial charge in [0.15, 0.2) is 0 Å². The first-order chi connectivity index (χ1) is 6.97. The third-order valence-electron chi connectivity index (χ3n) is 1.61. The van der Waals surface area contributed by atoms with Crippen LogP contribution in [0.2, 0.25) is 0 Å². The van der Waals surface area contributed by atoms with Crippen LogP contribution in [0.1, 0.15) is 26.7 Å². The fourth-order valence-corrected chi connectivity index (χ4v) is 0.824. The number of ether oxygens (including phenoxy) is 1. The molecule has 0 radical (unpaired) electrons. The summed E-state index contributed by atoms with van der Waals surface area (Å²) in [6, 6.07) is -0.945. The Balaban J connectivity index is 3.75. The molecule has 0 aromatic heterocycles. The molecule has 0 aromatic rings. The van der Waals surface area contributed by atoms with E-state index >= 15 is 0 Å². The van der Waals surface area contributed by atoms with Crippen molar-refractivity contribution >= 4 is 17.8 Å². The van der Waals surface area contributed by atoms with E-state index in [2.05, 4.69) is 10.1 Å². The smallest absolute Gasteiger partial charge is 0.325 e. The maximum absolute atomic E-state index is 11.1. The van der Waals surface area contributed by atoms with Crippen LogP contribution in [0.15, 0.2) is 0 Å². The van der Waals surface area contributed by atoms with Crippen molar-refractivity contribution in [1.29, 1.82) is 0 Å². The van der Waals surface area contributed by atoms with Crippen LogP contribution < -0.4 is 5.32 Å². The molecule has 15 heavy (non-hydrogen) atoms. The molecule has 1 unspecified atom stereocenters. The molecule has 0 bridgehead atoms. The lowest BCUT2D eigenvalue weighted by Crippen LogP contribution is -2.38. The molecule has 0 aliphatic carbocycles. The maximum atomic E-state index is 11.1. The quantitative estimate of drug-likeness (QED) is 0.607. The van der Waals surface area contributed by atoms with Crippen molar-refractivity contribution in [2.24, 2.45) is 0 Å². The summed E-state index contributed by atoms with van der Waals surface area (Å²) in [4.78, 5) is 32.3. The number of hydrogen-bond donors (Lipinski definition) is 2. The molecule has 1 amide bonds. The van der Waals surface area contributed by atoms with Gasteiger partial charge in [-0.15, -0.1) is 0 Å². The molecule has 86 valence electrons. The van der Waals surface area contributed by atoms with Gasteiger partial charge in [0, 0.05) is 6.42 Å². The molecule has 1 atom stereocenters. The van der Waals surface area contributed by atoms with Crippen LogP contribution in [0, 0.1) is 0 Å². The summed E-state index contributed by atoms with van der Waals surface area (Å²) in [5.74, 6) is -2.05. The van der Waals surface area contributed by atoms with Crippen LogP contribution in [0.3, 0.4) is 0 Å². The Bertz CT molecular complexity index is 251. The molecule has 0 saturated carbocycles. The van der Waals surface area contributed by atoms with Crippen LogP contribution in [0.5, 0.6) is 0 Å². The summed E-state index contributed by atoms with van der Waals surface area (Å²) in [6.07, 6.45) is -0.0948. The van der Waals surface area contributed by atoms with Crippen molar-refractivity contribution in [3.05, 3.63) is 0 Å². The number of amides is 1. The summed E-state index contributed by atoms with van der Waals surface area (Å²) in [5.41, 5.74) is 0. The molecule has 6 heteroatoms. The van der Waals surface area contributed by atoms with E-state index in [1.54, 1.807) is 6.92 Å². The lowest BCUT2D eigenvalue weighted by molar-refractivity contribution is -0.144. The van der Waals surface area contributed by atoms with Gasteiger partial charge >= 0.3 is 11.9 Å². The highest BCUT2D eigenvalue weighted by Crippen LogP contribution is 1.94. The highest BCUT2D eigenvalue weighted by atomic mass is 16.5. The Morgan fingerprint density at radius 2 is 1.93 bits per heavy atom. The summed E-state index contributed by atoms with van der Waals surface area (Å²) < 4.78 is 4.61. The van der Waals surface area contributed by atoms with E-state index in [9.17, 15) is 14.4 Å². The Morgan fingerprint density at radius 1 is 1.33 bits per heavy atom. The molecule has 0 fully saturated rings. The minimum Gasteiger partial charge on any atom is -0.480 e. The first-order valence-electron chi connectivity index (χ1n) is 4.65. The minimum absolute atomic E-state index is 0.0357. The van der Waals surface area contributed by atoms with E-state index in [1.807, 2.05) is 0 Å². The van der Waals surface area contributed by atoms with Crippen LogP contribution in [-0.2, 0) is 19.1 Å². The van der Waals surface area contributed by atoms with Gasteiger partial charge in [-0.2, -0.15) is 0 Å². The van der Waals surface area contributed by atoms with Gasteiger partial charge in [-0.3, -0.25) is 14.4 Å². The van der Waals surface area contributed by atoms with Crippen molar-refractivity contribution in [1.82, 2.24) is 5.32 Å². The first kappa shape index (κ1) is 13.4. The Labute approximate surface area is 87.6 Å². The normalized spacial score (nSPS) is 11.6. The van der Waals surface area contributed by atoms with E-state index in [0.29, 0.717) is 0 Å². The molecule has 0 aliphatic rings. The van der Waals surface area contributed by atoms with Crippen molar-refractivity contribution < 1.29 is 24.2 Å². The van der Waals surface area contributed by atoms with Crippen LogP contribution >= 0.6 is 0 Å². The Hall–Kier alpha value is -1.59. The summed E-state index contributed by atoms with van der Waals surface area (Å²) >= 11 is 0. The van der Waals surface area contributed by atoms with Crippen molar-refractivity contribution in [3.63, 3.8) is 0 Å². The standard InChI is InChI=1S/C9H15NO5/c1-3-15-8(12)5-4-7(11)10-6(2)9(13)14/h6H,3-5H2,1-2H3,(H,10,11)(H,13,14). The average Bonchev–Trinajstić information content (AvgIpc) is 2.15. The van der Waals surface area contributed by atoms with Crippen molar-refractivity contribution in [3.8, 4) is 0 Å². The molecule has 2 N–H and O–H groups in total. The second-order valence-electron chi connectivity index (χ2n) is 2.93. The lowest BCUT2D eigenvalue weighted by Gasteiger charge is -2.08. The molecule has 0 spiro atoms. The molecule has 0 rings (SSSR count). The molecule has 0 aromatic carbocycles. The van der Waals surface area contributed by atoms with Gasteiger partial charge in [-0.25, -0.2) is 0 Å². The third kappa shape index (κ3) is 6.48. The number of hydrogen-bond acceptors (Lipinski definition) is 4. The molecule has 0 heterocycles. The summed E-state index contributed by atoms with van der Waals surface area (Å²) in [7, 11) is 0. The number of rotatable bonds is 6. The molecular weight excluding hydrogens is 202 g/mol. The van der Waals surface area contributed by atoms with Gasteiger partial charge in [0.05, 0.1) is 13.0 Å². The van der Waals surface area contributed by atoms with E-state index in [0.717, 1.165) is 0 Å². The van der Waals surface area contributed by atoms with Crippen molar-refractivity contribution in [2.45, 2.75) is 32.7 Å². The first-order valence-corrected chi connectivity index (χ1v) is 4.65. The topological polar surface area (TPSA) is 92.7 Å². The number of carboxylic acid groups (broad SMARTS) is 1. The maximum Gasteiger partial charge on any atom is 0.325 e. The zero-order valence-electron chi connectivity index (χ0n) is 8.78. The number of esters is 1. The monoisotopic (exact) mass is 217 g/mol. The van der Waals surface area contributed by atoms with Gasteiger partial charge < -0.3 is 15.2 Å². The van der Waals surface area contributed by atoms with Crippen molar-refractivity contribution in [2.75, 3.05) is 6.61 Å². The van der Waals surface area contributed by atoms with Gasteiger partial charge in [-0.05, 0) is 13.8 Å². The molecule has 0 aliphatic heterocycles. The van der Waals surface area contributed by atoms with E-state index in [-0.39, 0.29) is 19.4 Å². The van der Waals surface area contributed by atoms with Gasteiger partial charge in [-0.1, -0.05) is 0 Å². The second-order valence-corrected chi connectivity index (χ2v) is 2.93. The lowest BCUT2D eigenvalue weighted by atomic mass is 10.2. The molecular formula is C9H15NO5. The zero-order chi connectivity index (χ0) is 11.8. The molecule has 0 saturated heterocycles. The van der Waals surface area contributed by atoms with E-state index in [4.69, 9.17) is 5.11 Å². The second kappa shape index (κ2) is 6.80. The number of carboxylic acids is 1. The average molecular weight is 217 g/mol. The fraction of sp³-hybridized carbons (Fsp3) is 0.667.